The Kier molecular flexibility index (Phi) is 11.3. The molecule has 0 aromatic heterocycles. The summed E-state index contributed by atoms with van der Waals surface area (Å²) in [5.74, 6) is 1.87. The number of hydrogen-bond donors (Lipinski definition) is 3. The summed E-state index contributed by atoms with van der Waals surface area (Å²) in [6.07, 6.45) is 13.9. The van der Waals surface area contributed by atoms with Crippen LogP contribution in [-0.2, 0) is 9.47 Å². The molecule has 2 fully saturated rings. The first-order valence-corrected chi connectivity index (χ1v) is 15.4. The van der Waals surface area contributed by atoms with Crippen LogP contribution >= 0.6 is 0 Å². The van der Waals surface area contributed by atoms with Gasteiger partial charge >= 0.3 is 0 Å². The maximum Gasteiger partial charge on any atom is 0.110 e. The van der Waals surface area contributed by atoms with Crippen LogP contribution in [0.5, 0.6) is 0 Å². The topological polar surface area (TPSA) is 79.2 Å². The smallest absolute Gasteiger partial charge is 0.110 e. The molecule has 3 rings (SSSR count). The van der Waals surface area contributed by atoms with E-state index >= 15 is 0 Å². The van der Waals surface area contributed by atoms with Crippen LogP contribution in [0.15, 0.2) is 47.6 Å². The van der Waals surface area contributed by atoms with Crippen LogP contribution in [-0.4, -0.2) is 57.5 Å². The van der Waals surface area contributed by atoms with Gasteiger partial charge in [-0.05, 0) is 73.3 Å². The number of aliphatic hydroxyl groups is 3. The lowest BCUT2D eigenvalue weighted by molar-refractivity contribution is -0.176. The van der Waals surface area contributed by atoms with Gasteiger partial charge in [0.05, 0.1) is 30.0 Å². The van der Waals surface area contributed by atoms with Crippen molar-refractivity contribution in [1.29, 1.82) is 0 Å². The molecule has 0 aromatic rings. The highest BCUT2D eigenvalue weighted by atomic mass is 16.5. The Morgan fingerprint density at radius 3 is 2.31 bits per heavy atom. The van der Waals surface area contributed by atoms with Crippen molar-refractivity contribution in [2.45, 2.75) is 130 Å². The quantitative estimate of drug-likeness (QED) is 0.263. The zero-order valence-corrected chi connectivity index (χ0v) is 25.9. The van der Waals surface area contributed by atoms with E-state index in [9.17, 15) is 15.3 Å². The summed E-state index contributed by atoms with van der Waals surface area (Å²) >= 11 is 0. The highest BCUT2D eigenvalue weighted by Gasteiger charge is 2.45. The standard InChI is InChI=1S/C34H56O5/c1-10-30-23(7)12-15-31(39-30)24(8)17-22(6)11-13-27-25(9)28(27)14-16-32-33(36)29(35)18-26(38-32)19-34(37,20(2)3)21(4)5/h11-14,16-17,20-22,25-33,35-37H,10,15,18-19H2,1-9H3/b13-11+,16-14+,24-17+/t22-,25-,26+,27+,28+,29+,30-,31-,32+,33-/m1/s1. The minimum atomic E-state index is -0.951. The summed E-state index contributed by atoms with van der Waals surface area (Å²) in [6.45, 7) is 19.1. The first-order valence-electron chi connectivity index (χ1n) is 15.4. The third-order valence-electron chi connectivity index (χ3n) is 9.71. The maximum absolute atomic E-state index is 11.3. The van der Waals surface area contributed by atoms with Gasteiger partial charge in [-0.2, -0.15) is 0 Å². The van der Waals surface area contributed by atoms with Crippen LogP contribution in [0.1, 0.15) is 88.0 Å². The summed E-state index contributed by atoms with van der Waals surface area (Å²) in [5, 5.41) is 32.4. The zero-order chi connectivity index (χ0) is 29.1. The molecule has 39 heavy (non-hydrogen) atoms. The van der Waals surface area contributed by atoms with E-state index in [1.165, 1.54) is 11.1 Å². The number of aliphatic hydroxyl groups excluding tert-OH is 2. The molecule has 2 aliphatic heterocycles. The lowest BCUT2D eigenvalue weighted by atomic mass is 9.75. The molecule has 10 atom stereocenters. The van der Waals surface area contributed by atoms with Gasteiger partial charge in [0.1, 0.15) is 12.2 Å². The van der Waals surface area contributed by atoms with Gasteiger partial charge in [-0.15, -0.1) is 0 Å². The van der Waals surface area contributed by atoms with E-state index in [0.29, 0.717) is 36.5 Å². The van der Waals surface area contributed by atoms with E-state index < -0.39 is 23.9 Å². The number of hydrogen-bond acceptors (Lipinski definition) is 5. The molecule has 0 radical (unpaired) electrons. The Labute approximate surface area is 238 Å². The van der Waals surface area contributed by atoms with Gasteiger partial charge in [0.25, 0.3) is 0 Å². The van der Waals surface area contributed by atoms with Gasteiger partial charge < -0.3 is 24.8 Å². The molecule has 5 heteroatoms. The number of rotatable bonds is 11. The Hall–Kier alpha value is -1.24. The summed E-state index contributed by atoms with van der Waals surface area (Å²) in [5.41, 5.74) is 1.77. The van der Waals surface area contributed by atoms with Gasteiger partial charge in [-0.25, -0.2) is 0 Å². The second-order valence-electron chi connectivity index (χ2n) is 13.3. The van der Waals surface area contributed by atoms with Crippen molar-refractivity contribution in [2.24, 2.45) is 35.5 Å². The molecule has 1 aliphatic carbocycles. The molecule has 0 aromatic carbocycles. The fourth-order valence-electron chi connectivity index (χ4n) is 6.53. The van der Waals surface area contributed by atoms with Crippen molar-refractivity contribution in [2.75, 3.05) is 0 Å². The fourth-order valence-corrected chi connectivity index (χ4v) is 6.53. The fraction of sp³-hybridized carbons (Fsp3) is 0.765. The van der Waals surface area contributed by atoms with Crippen LogP contribution in [0.25, 0.3) is 0 Å². The van der Waals surface area contributed by atoms with Gasteiger partial charge in [-0.3, -0.25) is 0 Å². The van der Waals surface area contributed by atoms with E-state index in [2.05, 4.69) is 65.0 Å². The minimum Gasteiger partial charge on any atom is -0.390 e. The maximum atomic E-state index is 11.3. The molecule has 3 aliphatic rings. The molecule has 0 amide bonds. The van der Waals surface area contributed by atoms with Gasteiger partial charge in [0.15, 0.2) is 0 Å². The van der Waals surface area contributed by atoms with Gasteiger partial charge in [0.2, 0.25) is 0 Å². The lowest BCUT2D eigenvalue weighted by Gasteiger charge is -2.43. The average molecular weight is 545 g/mol. The van der Waals surface area contributed by atoms with E-state index in [1.54, 1.807) is 0 Å². The Bertz CT molecular complexity index is 907. The van der Waals surface area contributed by atoms with Crippen molar-refractivity contribution in [3.8, 4) is 0 Å². The summed E-state index contributed by atoms with van der Waals surface area (Å²) < 4.78 is 12.5. The van der Waals surface area contributed by atoms with Crippen LogP contribution in [0.4, 0.5) is 0 Å². The molecule has 0 spiro atoms. The number of allylic oxidation sites excluding steroid dienone is 4. The predicted molar refractivity (Wildman–Crippen MR) is 159 cm³/mol. The van der Waals surface area contributed by atoms with Crippen molar-refractivity contribution in [1.82, 2.24) is 0 Å². The van der Waals surface area contributed by atoms with E-state index in [0.717, 1.165) is 12.8 Å². The average Bonchev–Trinajstić information content (AvgIpc) is 3.50. The molecule has 2 heterocycles. The second kappa shape index (κ2) is 13.6. The summed E-state index contributed by atoms with van der Waals surface area (Å²) in [7, 11) is 0. The molecule has 0 unspecified atom stereocenters. The van der Waals surface area contributed by atoms with E-state index in [-0.39, 0.29) is 30.1 Å². The van der Waals surface area contributed by atoms with E-state index in [1.807, 2.05) is 33.8 Å². The summed E-state index contributed by atoms with van der Waals surface area (Å²) in [6, 6.07) is 0. The van der Waals surface area contributed by atoms with Crippen LogP contribution < -0.4 is 0 Å². The molecular formula is C34H56O5. The Morgan fingerprint density at radius 2 is 1.69 bits per heavy atom. The normalized spacial score (nSPS) is 37.2. The van der Waals surface area contributed by atoms with Crippen molar-refractivity contribution < 1.29 is 24.8 Å². The molecule has 1 saturated carbocycles. The SMILES string of the molecule is CC[C@H]1O[C@@H](/C(C)=C/[C@H](C)/C=C/[C@H]2[C@@H](C)[C@@H]2/C=C/[C@@H]2O[C@H](CC(O)(C(C)C)C(C)C)C[C@H](O)[C@H]2O)CC=C1C. The van der Waals surface area contributed by atoms with E-state index in [4.69, 9.17) is 9.47 Å². The third-order valence-corrected chi connectivity index (χ3v) is 9.71. The zero-order valence-electron chi connectivity index (χ0n) is 25.9. The highest BCUT2D eigenvalue weighted by molar-refractivity contribution is 5.20. The van der Waals surface area contributed by atoms with Gasteiger partial charge in [0, 0.05) is 12.8 Å². The number of ether oxygens (including phenoxy) is 2. The van der Waals surface area contributed by atoms with Crippen LogP contribution in [0.2, 0.25) is 0 Å². The summed E-state index contributed by atoms with van der Waals surface area (Å²) in [4.78, 5) is 0. The first-order chi connectivity index (χ1) is 18.3. The second-order valence-corrected chi connectivity index (χ2v) is 13.3. The van der Waals surface area contributed by atoms with Crippen molar-refractivity contribution in [3.05, 3.63) is 47.6 Å². The van der Waals surface area contributed by atoms with Gasteiger partial charge in [-0.1, -0.05) is 84.9 Å². The molecule has 1 saturated heterocycles. The Morgan fingerprint density at radius 1 is 1.05 bits per heavy atom. The highest BCUT2D eigenvalue weighted by Crippen LogP contribution is 2.48. The molecule has 5 nitrogen and oxygen atoms in total. The molecular weight excluding hydrogens is 488 g/mol. The molecule has 222 valence electrons. The monoisotopic (exact) mass is 544 g/mol. The van der Waals surface area contributed by atoms with Crippen LogP contribution in [0, 0.1) is 35.5 Å². The van der Waals surface area contributed by atoms with Crippen molar-refractivity contribution in [3.63, 3.8) is 0 Å². The van der Waals surface area contributed by atoms with Crippen molar-refractivity contribution >= 4 is 0 Å². The predicted octanol–water partition coefficient (Wildman–Crippen LogP) is 6.39. The third kappa shape index (κ3) is 7.95. The first kappa shape index (κ1) is 32.3. The largest absolute Gasteiger partial charge is 0.390 e. The lowest BCUT2D eigenvalue weighted by Crippen LogP contribution is -2.51. The Balaban J connectivity index is 1.57. The molecule has 0 bridgehead atoms. The minimum absolute atomic E-state index is 0.0736. The molecule has 3 N–H and O–H groups in total. The van der Waals surface area contributed by atoms with Crippen LogP contribution in [0.3, 0.4) is 0 Å².